The van der Waals surface area contributed by atoms with Crippen molar-refractivity contribution in [2.24, 2.45) is 0 Å². The third kappa shape index (κ3) is 10.1. The second-order valence-corrected chi connectivity index (χ2v) is 9.84. The highest BCUT2D eigenvalue weighted by Crippen LogP contribution is 2.32. The predicted octanol–water partition coefficient (Wildman–Crippen LogP) is 6.01. The lowest BCUT2D eigenvalue weighted by Crippen LogP contribution is -2.26. The summed E-state index contributed by atoms with van der Waals surface area (Å²) in [4.78, 5) is 36.4. The van der Waals surface area contributed by atoms with E-state index in [0.29, 0.717) is 13.0 Å². The van der Waals surface area contributed by atoms with Crippen LogP contribution in [0.5, 0.6) is 0 Å². The summed E-state index contributed by atoms with van der Waals surface area (Å²) in [6.07, 6.45) is 3.06. The van der Waals surface area contributed by atoms with Crippen LogP contribution in [0.25, 0.3) is 11.1 Å². The van der Waals surface area contributed by atoms with E-state index >= 15 is 0 Å². The van der Waals surface area contributed by atoms with E-state index in [2.05, 4.69) is 10.6 Å². The summed E-state index contributed by atoms with van der Waals surface area (Å²) in [7, 11) is 1.37. The normalized spacial score (nSPS) is 11.4. The predicted molar refractivity (Wildman–Crippen MR) is 150 cm³/mol. The Kier molecular flexibility index (Phi) is 11.7. The first-order valence-corrected chi connectivity index (χ1v) is 13.6. The Labute approximate surface area is 223 Å². The molecule has 0 spiro atoms. The number of unbranched alkanes of at least 4 members (excludes halogenated alkanes) is 2. The molecular formula is C30H34N2O4S. The number of rotatable bonds is 14. The van der Waals surface area contributed by atoms with Crippen molar-refractivity contribution in [1.29, 1.82) is 0 Å². The first-order valence-electron chi connectivity index (χ1n) is 12.5. The van der Waals surface area contributed by atoms with Gasteiger partial charge in [-0.3, -0.25) is 14.4 Å². The van der Waals surface area contributed by atoms with Crippen LogP contribution in [0.3, 0.4) is 0 Å². The Balaban J connectivity index is 1.31. The topological polar surface area (TPSA) is 84.5 Å². The zero-order chi connectivity index (χ0) is 26.3. The third-order valence-electron chi connectivity index (χ3n) is 5.82. The van der Waals surface area contributed by atoms with Crippen molar-refractivity contribution in [2.75, 3.05) is 24.7 Å². The van der Waals surface area contributed by atoms with Crippen LogP contribution in [0.2, 0.25) is 0 Å². The Bertz CT molecular complexity index is 1140. The second kappa shape index (κ2) is 15.5. The SMILES string of the molecule is COC(=O)CC(SCC(=O)NCCCCCC(=O)Nc1cccc(-c2ccccc2)c1)c1ccccc1. The summed E-state index contributed by atoms with van der Waals surface area (Å²) in [5, 5.41) is 5.77. The summed E-state index contributed by atoms with van der Waals surface area (Å²) in [6.45, 7) is 0.563. The number of ether oxygens (including phenoxy) is 1. The van der Waals surface area contributed by atoms with Crippen LogP contribution in [0.4, 0.5) is 5.69 Å². The average Bonchev–Trinajstić information content (AvgIpc) is 2.93. The molecule has 0 aliphatic heterocycles. The van der Waals surface area contributed by atoms with Crippen LogP contribution in [-0.4, -0.2) is 37.2 Å². The molecule has 0 aromatic heterocycles. The van der Waals surface area contributed by atoms with Gasteiger partial charge < -0.3 is 15.4 Å². The molecule has 37 heavy (non-hydrogen) atoms. The molecule has 194 valence electrons. The number of methoxy groups -OCH3 is 1. The van der Waals surface area contributed by atoms with Gasteiger partial charge in [-0.15, -0.1) is 11.8 Å². The van der Waals surface area contributed by atoms with E-state index < -0.39 is 0 Å². The minimum Gasteiger partial charge on any atom is -0.469 e. The number of carbonyl (C=O) groups is 3. The van der Waals surface area contributed by atoms with Gasteiger partial charge in [-0.05, 0) is 41.7 Å². The number of anilines is 1. The van der Waals surface area contributed by atoms with Gasteiger partial charge in [0.1, 0.15) is 0 Å². The molecule has 2 N–H and O–H groups in total. The number of thioether (sulfide) groups is 1. The van der Waals surface area contributed by atoms with E-state index in [1.54, 1.807) is 0 Å². The number of amides is 2. The van der Waals surface area contributed by atoms with Crippen molar-refractivity contribution in [3.05, 3.63) is 90.5 Å². The van der Waals surface area contributed by atoms with E-state index in [4.69, 9.17) is 4.74 Å². The second-order valence-electron chi connectivity index (χ2n) is 8.65. The lowest BCUT2D eigenvalue weighted by molar-refractivity contribution is -0.140. The Hall–Kier alpha value is -3.58. The van der Waals surface area contributed by atoms with Crippen LogP contribution >= 0.6 is 11.8 Å². The van der Waals surface area contributed by atoms with Gasteiger partial charge in [-0.1, -0.05) is 79.2 Å². The van der Waals surface area contributed by atoms with Crippen molar-refractivity contribution in [3.63, 3.8) is 0 Å². The monoisotopic (exact) mass is 518 g/mol. The highest BCUT2D eigenvalue weighted by Gasteiger charge is 2.18. The maximum absolute atomic E-state index is 12.3. The molecule has 2 amide bonds. The molecule has 0 saturated heterocycles. The molecule has 7 heteroatoms. The quantitative estimate of drug-likeness (QED) is 0.202. The molecule has 1 unspecified atom stereocenters. The lowest BCUT2D eigenvalue weighted by atomic mass is 10.1. The van der Waals surface area contributed by atoms with Gasteiger partial charge in [0, 0.05) is 23.9 Å². The fourth-order valence-corrected chi connectivity index (χ4v) is 4.91. The highest BCUT2D eigenvalue weighted by molar-refractivity contribution is 8.00. The fourth-order valence-electron chi connectivity index (χ4n) is 3.85. The summed E-state index contributed by atoms with van der Waals surface area (Å²) in [6, 6.07) is 27.6. The van der Waals surface area contributed by atoms with Gasteiger partial charge in [0.2, 0.25) is 11.8 Å². The smallest absolute Gasteiger partial charge is 0.306 e. The first kappa shape index (κ1) is 28.0. The largest absolute Gasteiger partial charge is 0.469 e. The van der Waals surface area contributed by atoms with Gasteiger partial charge in [0.25, 0.3) is 0 Å². The zero-order valence-electron chi connectivity index (χ0n) is 21.2. The summed E-state index contributed by atoms with van der Waals surface area (Å²) in [5.41, 5.74) is 3.96. The standard InChI is InChI=1S/C30H34N2O4S/c1-36-30(35)21-27(24-14-7-3-8-15-24)37-22-29(34)31-19-10-4-9-18-28(33)32-26-17-11-16-25(20-26)23-12-5-2-6-13-23/h2-3,5-8,11-17,20,27H,4,9-10,18-19,21-22H2,1H3,(H,31,34)(H,32,33). The van der Waals surface area contributed by atoms with E-state index in [1.165, 1.54) is 18.9 Å². The molecule has 0 heterocycles. The Morgan fingerprint density at radius 2 is 1.51 bits per heavy atom. The number of hydrogen-bond donors (Lipinski definition) is 2. The Morgan fingerprint density at radius 1 is 0.811 bits per heavy atom. The van der Waals surface area contributed by atoms with E-state index in [0.717, 1.165) is 41.6 Å². The number of carbonyl (C=O) groups excluding carboxylic acids is 3. The van der Waals surface area contributed by atoms with Gasteiger partial charge in [-0.25, -0.2) is 0 Å². The van der Waals surface area contributed by atoms with Crippen molar-refractivity contribution < 1.29 is 19.1 Å². The molecule has 3 rings (SSSR count). The lowest BCUT2D eigenvalue weighted by Gasteiger charge is -2.16. The molecule has 0 saturated carbocycles. The minimum atomic E-state index is -0.297. The third-order valence-corrected chi connectivity index (χ3v) is 7.09. The average molecular weight is 519 g/mol. The Morgan fingerprint density at radius 3 is 2.24 bits per heavy atom. The number of benzene rings is 3. The number of nitrogens with one attached hydrogen (secondary N) is 2. The van der Waals surface area contributed by atoms with Crippen molar-refractivity contribution in [3.8, 4) is 11.1 Å². The molecule has 0 aliphatic carbocycles. The molecule has 3 aromatic rings. The zero-order valence-corrected chi connectivity index (χ0v) is 22.0. The van der Waals surface area contributed by atoms with Crippen molar-refractivity contribution in [1.82, 2.24) is 5.32 Å². The summed E-state index contributed by atoms with van der Waals surface area (Å²) in [5.74, 6) is -0.106. The maximum Gasteiger partial charge on any atom is 0.306 e. The fraction of sp³-hybridized carbons (Fsp3) is 0.300. The number of hydrogen-bond acceptors (Lipinski definition) is 5. The molecular weight excluding hydrogens is 484 g/mol. The molecule has 6 nitrogen and oxygen atoms in total. The molecule has 1 atom stereocenters. The van der Waals surface area contributed by atoms with E-state index in [-0.39, 0.29) is 35.2 Å². The summed E-state index contributed by atoms with van der Waals surface area (Å²) >= 11 is 1.43. The van der Waals surface area contributed by atoms with Crippen LogP contribution < -0.4 is 10.6 Å². The number of esters is 1. The van der Waals surface area contributed by atoms with Gasteiger partial charge in [-0.2, -0.15) is 0 Å². The van der Waals surface area contributed by atoms with Crippen LogP contribution in [0, 0.1) is 0 Å². The van der Waals surface area contributed by atoms with Crippen molar-refractivity contribution >= 4 is 35.2 Å². The van der Waals surface area contributed by atoms with Crippen LogP contribution in [0.1, 0.15) is 42.9 Å². The van der Waals surface area contributed by atoms with Crippen molar-refractivity contribution in [2.45, 2.75) is 37.4 Å². The molecule has 0 aliphatic rings. The van der Waals surface area contributed by atoms with E-state index in [1.807, 2.05) is 84.9 Å². The summed E-state index contributed by atoms with van der Waals surface area (Å²) < 4.78 is 4.80. The van der Waals surface area contributed by atoms with Crippen LogP contribution in [-0.2, 0) is 19.1 Å². The molecule has 3 aromatic carbocycles. The molecule has 0 radical (unpaired) electrons. The van der Waals surface area contributed by atoms with E-state index in [9.17, 15) is 14.4 Å². The highest BCUT2D eigenvalue weighted by atomic mass is 32.2. The maximum atomic E-state index is 12.3. The minimum absolute atomic E-state index is 0.0109. The van der Waals surface area contributed by atoms with Gasteiger partial charge in [0.05, 0.1) is 19.3 Å². The van der Waals surface area contributed by atoms with Gasteiger partial charge >= 0.3 is 5.97 Å². The molecule has 0 fully saturated rings. The van der Waals surface area contributed by atoms with Gasteiger partial charge in [0.15, 0.2) is 0 Å². The first-order chi connectivity index (χ1) is 18.0. The van der Waals surface area contributed by atoms with Crippen LogP contribution in [0.15, 0.2) is 84.9 Å². The molecule has 0 bridgehead atoms.